The minimum atomic E-state index is -0.554. The van der Waals surface area contributed by atoms with E-state index in [2.05, 4.69) is 4.98 Å². The van der Waals surface area contributed by atoms with Crippen LogP contribution < -0.4 is 5.73 Å². The molecule has 0 fully saturated rings. The smallest absolute Gasteiger partial charge is 0.257 e. The Kier molecular flexibility index (Phi) is 5.69. The number of hydrogen-bond donors (Lipinski definition) is 1. The lowest BCUT2D eigenvalue weighted by atomic mass is 10.2. The molecule has 0 aliphatic carbocycles. The molecule has 0 aliphatic heterocycles. The maximum atomic E-state index is 13.2. The molecule has 6 heteroatoms. The summed E-state index contributed by atoms with van der Waals surface area (Å²) in [6.07, 6.45) is 1.85. The topological polar surface area (TPSA) is 62.5 Å². The lowest BCUT2D eigenvalue weighted by Gasteiger charge is -2.24. The van der Waals surface area contributed by atoms with Crippen LogP contribution in [0.5, 0.6) is 0 Å². The zero-order valence-corrected chi connectivity index (χ0v) is 11.7. The Morgan fingerprint density at radius 2 is 2.05 bits per heavy atom. The first-order valence-electron chi connectivity index (χ1n) is 6.30. The highest BCUT2D eigenvalue weighted by Gasteiger charge is 2.19. The second-order valence-corrected chi connectivity index (χ2v) is 4.68. The molecule has 0 radical (unpaired) electrons. The lowest BCUT2D eigenvalue weighted by molar-refractivity contribution is 0.0745. The molecule has 0 aromatic carbocycles. The molecule has 106 valence electrons. The zero-order chi connectivity index (χ0) is 14.4. The molecule has 1 rings (SSSR count). The summed E-state index contributed by atoms with van der Waals surface area (Å²) in [5.74, 6) is -0.757. The van der Waals surface area contributed by atoms with Crippen molar-refractivity contribution in [3.8, 4) is 0 Å². The number of halogens is 1. The van der Waals surface area contributed by atoms with Gasteiger partial charge in [-0.3, -0.25) is 4.79 Å². The van der Waals surface area contributed by atoms with Gasteiger partial charge in [-0.2, -0.15) is 0 Å². The van der Waals surface area contributed by atoms with E-state index in [-0.39, 0.29) is 17.3 Å². The first kappa shape index (κ1) is 15.4. The number of carbonyl (C=O) groups excluding carboxylic acids is 1. The van der Waals surface area contributed by atoms with E-state index in [4.69, 9.17) is 5.73 Å². The van der Waals surface area contributed by atoms with Gasteiger partial charge in [0.25, 0.3) is 5.91 Å². The third-order valence-corrected chi connectivity index (χ3v) is 2.71. The number of hydrogen-bond acceptors (Lipinski definition) is 4. The highest BCUT2D eigenvalue weighted by molar-refractivity contribution is 5.98. The summed E-state index contributed by atoms with van der Waals surface area (Å²) in [7, 11) is 3.87. The first-order chi connectivity index (χ1) is 8.95. The van der Waals surface area contributed by atoms with Gasteiger partial charge in [0.1, 0.15) is 11.6 Å². The highest BCUT2D eigenvalue weighted by atomic mass is 19.1. The van der Waals surface area contributed by atoms with Gasteiger partial charge in [0.05, 0.1) is 11.8 Å². The number of nitrogens with two attached hydrogens (primary N) is 1. The normalized spacial score (nSPS) is 10.8. The van der Waals surface area contributed by atoms with Crippen LogP contribution in [0.1, 0.15) is 23.7 Å². The summed E-state index contributed by atoms with van der Waals surface area (Å²) < 4.78 is 13.2. The predicted molar refractivity (Wildman–Crippen MR) is 73.4 cm³/mol. The third kappa shape index (κ3) is 4.48. The predicted octanol–water partition coefficient (Wildman–Crippen LogP) is 1.22. The van der Waals surface area contributed by atoms with Gasteiger partial charge in [-0.05, 0) is 26.6 Å². The Morgan fingerprint density at radius 1 is 1.37 bits per heavy atom. The quantitative estimate of drug-likeness (QED) is 0.842. The van der Waals surface area contributed by atoms with E-state index < -0.39 is 5.82 Å². The molecule has 1 aromatic heterocycles. The number of anilines is 1. The van der Waals surface area contributed by atoms with E-state index >= 15 is 0 Å². The van der Waals surface area contributed by atoms with Crippen molar-refractivity contribution in [3.05, 3.63) is 23.6 Å². The van der Waals surface area contributed by atoms with Gasteiger partial charge in [0.2, 0.25) is 0 Å². The Balaban J connectivity index is 2.88. The summed E-state index contributed by atoms with van der Waals surface area (Å²) in [5.41, 5.74) is 5.78. The van der Waals surface area contributed by atoms with Crippen molar-refractivity contribution in [1.82, 2.24) is 14.8 Å². The standard InChI is InChI=1S/C13H21FN4O/c1-4-5-18(7-6-17(2)3)13(19)11-8-10(14)9-16-12(11)15/h8-9H,4-7H2,1-3H3,(H2,15,16). The first-order valence-corrected chi connectivity index (χ1v) is 6.30. The number of likely N-dealkylation sites (N-methyl/N-ethyl adjacent to an activating group) is 1. The Morgan fingerprint density at radius 3 is 2.63 bits per heavy atom. The van der Waals surface area contributed by atoms with Crippen LogP contribution in [0.2, 0.25) is 0 Å². The van der Waals surface area contributed by atoms with Gasteiger partial charge >= 0.3 is 0 Å². The largest absolute Gasteiger partial charge is 0.383 e. The van der Waals surface area contributed by atoms with Crippen molar-refractivity contribution in [1.29, 1.82) is 0 Å². The van der Waals surface area contributed by atoms with E-state index in [9.17, 15) is 9.18 Å². The molecule has 5 nitrogen and oxygen atoms in total. The summed E-state index contributed by atoms with van der Waals surface area (Å²) in [4.78, 5) is 19.7. The molecule has 19 heavy (non-hydrogen) atoms. The maximum Gasteiger partial charge on any atom is 0.257 e. The van der Waals surface area contributed by atoms with Crippen molar-refractivity contribution >= 4 is 11.7 Å². The average Bonchev–Trinajstić information content (AvgIpc) is 2.36. The molecular formula is C13H21FN4O. The van der Waals surface area contributed by atoms with E-state index in [1.807, 2.05) is 25.9 Å². The number of pyridine rings is 1. The SMILES string of the molecule is CCCN(CCN(C)C)C(=O)c1cc(F)cnc1N. The molecule has 1 heterocycles. The van der Waals surface area contributed by atoms with E-state index in [1.54, 1.807) is 4.90 Å². The molecule has 0 aliphatic rings. The van der Waals surface area contributed by atoms with Crippen LogP contribution >= 0.6 is 0 Å². The number of carbonyl (C=O) groups is 1. The van der Waals surface area contributed by atoms with Crippen molar-refractivity contribution < 1.29 is 9.18 Å². The molecular weight excluding hydrogens is 247 g/mol. The average molecular weight is 268 g/mol. The highest BCUT2D eigenvalue weighted by Crippen LogP contribution is 2.13. The van der Waals surface area contributed by atoms with Crippen LogP contribution in [-0.2, 0) is 0 Å². The number of amides is 1. The van der Waals surface area contributed by atoms with Gasteiger partial charge in [-0.25, -0.2) is 9.37 Å². The summed E-state index contributed by atoms with van der Waals surface area (Å²) in [6.45, 7) is 3.93. The Hall–Kier alpha value is -1.69. The van der Waals surface area contributed by atoms with Crippen LogP contribution in [0, 0.1) is 5.82 Å². The molecule has 0 saturated carbocycles. The molecule has 0 spiro atoms. The van der Waals surface area contributed by atoms with Gasteiger partial charge in [0, 0.05) is 19.6 Å². The molecule has 0 bridgehead atoms. The molecule has 0 unspecified atom stereocenters. The number of nitrogen functional groups attached to an aromatic ring is 1. The number of aromatic nitrogens is 1. The van der Waals surface area contributed by atoms with E-state index in [0.29, 0.717) is 13.1 Å². The van der Waals surface area contributed by atoms with Crippen LogP contribution in [0.15, 0.2) is 12.3 Å². The number of rotatable bonds is 6. The third-order valence-electron chi connectivity index (χ3n) is 2.71. The molecule has 1 amide bonds. The second-order valence-electron chi connectivity index (χ2n) is 4.68. The van der Waals surface area contributed by atoms with Crippen molar-refractivity contribution in [2.75, 3.05) is 39.5 Å². The monoisotopic (exact) mass is 268 g/mol. The fourth-order valence-corrected chi connectivity index (χ4v) is 1.70. The molecule has 0 saturated heterocycles. The van der Waals surface area contributed by atoms with E-state index in [1.165, 1.54) is 0 Å². The van der Waals surface area contributed by atoms with Crippen LogP contribution in [0.25, 0.3) is 0 Å². The van der Waals surface area contributed by atoms with Gasteiger partial charge in [-0.1, -0.05) is 6.92 Å². The minimum absolute atomic E-state index is 0.0670. The minimum Gasteiger partial charge on any atom is -0.383 e. The van der Waals surface area contributed by atoms with Gasteiger partial charge in [-0.15, -0.1) is 0 Å². The fourth-order valence-electron chi connectivity index (χ4n) is 1.70. The van der Waals surface area contributed by atoms with Crippen LogP contribution in [-0.4, -0.2) is 54.4 Å². The zero-order valence-electron chi connectivity index (χ0n) is 11.7. The summed E-state index contributed by atoms with van der Waals surface area (Å²) in [5, 5.41) is 0. The Bertz CT molecular complexity index is 437. The van der Waals surface area contributed by atoms with Gasteiger partial charge in [0.15, 0.2) is 0 Å². The molecule has 1 aromatic rings. The fraction of sp³-hybridized carbons (Fsp3) is 0.538. The van der Waals surface area contributed by atoms with Crippen LogP contribution in [0.3, 0.4) is 0 Å². The van der Waals surface area contributed by atoms with Crippen LogP contribution in [0.4, 0.5) is 10.2 Å². The molecule has 2 N–H and O–H groups in total. The lowest BCUT2D eigenvalue weighted by Crippen LogP contribution is -2.37. The van der Waals surface area contributed by atoms with Crippen molar-refractivity contribution in [2.45, 2.75) is 13.3 Å². The van der Waals surface area contributed by atoms with Gasteiger partial charge < -0.3 is 15.5 Å². The second kappa shape index (κ2) is 7.04. The maximum absolute atomic E-state index is 13.2. The summed E-state index contributed by atoms with van der Waals surface area (Å²) >= 11 is 0. The Labute approximate surface area is 113 Å². The van der Waals surface area contributed by atoms with Crippen molar-refractivity contribution in [2.24, 2.45) is 0 Å². The van der Waals surface area contributed by atoms with Crippen molar-refractivity contribution in [3.63, 3.8) is 0 Å². The number of nitrogens with zero attached hydrogens (tertiary/aromatic N) is 3. The van der Waals surface area contributed by atoms with E-state index in [0.717, 1.165) is 25.2 Å². The molecule has 0 atom stereocenters. The summed E-state index contributed by atoms with van der Waals surface area (Å²) in [6, 6.07) is 1.14.